The molecule has 0 spiro atoms. The van der Waals surface area contributed by atoms with E-state index in [4.69, 9.17) is 0 Å². The summed E-state index contributed by atoms with van der Waals surface area (Å²) >= 11 is 1.32. The van der Waals surface area contributed by atoms with Gasteiger partial charge in [-0.2, -0.15) is 13.2 Å². The van der Waals surface area contributed by atoms with Gasteiger partial charge in [-0.3, -0.25) is 5.32 Å². The van der Waals surface area contributed by atoms with Crippen molar-refractivity contribution in [3.05, 3.63) is 5.01 Å². The number of nitrogens with one attached hydrogen (secondary N) is 2. The van der Waals surface area contributed by atoms with Crippen LogP contribution in [0, 0.1) is 5.92 Å². The summed E-state index contributed by atoms with van der Waals surface area (Å²) in [6.45, 7) is 0. The number of amides is 2. The number of carbonyl (C=O) groups is 1. The first-order valence-electron chi connectivity index (χ1n) is 7.39. The Morgan fingerprint density at radius 1 is 1.18 bits per heavy atom. The Hall–Kier alpha value is -1.38. The van der Waals surface area contributed by atoms with Gasteiger partial charge >= 0.3 is 12.2 Å². The van der Waals surface area contributed by atoms with Crippen molar-refractivity contribution in [2.45, 2.75) is 56.7 Å². The highest BCUT2D eigenvalue weighted by atomic mass is 32.1. The van der Waals surface area contributed by atoms with Gasteiger partial charge in [-0.05, 0) is 32.1 Å². The molecule has 2 saturated carbocycles. The number of hydrogen-bond acceptors (Lipinski definition) is 4. The van der Waals surface area contributed by atoms with Crippen LogP contribution < -0.4 is 10.6 Å². The fourth-order valence-electron chi connectivity index (χ4n) is 2.72. The molecule has 1 heterocycles. The Morgan fingerprint density at radius 3 is 2.64 bits per heavy atom. The van der Waals surface area contributed by atoms with Gasteiger partial charge in [0.15, 0.2) is 0 Å². The van der Waals surface area contributed by atoms with Crippen LogP contribution in [-0.4, -0.2) is 28.4 Å². The Labute approximate surface area is 129 Å². The van der Waals surface area contributed by atoms with Gasteiger partial charge in [-0.25, -0.2) is 4.79 Å². The van der Waals surface area contributed by atoms with Gasteiger partial charge in [0.25, 0.3) is 0 Å². The molecule has 0 aromatic carbocycles. The lowest BCUT2D eigenvalue weighted by atomic mass is 9.85. The van der Waals surface area contributed by atoms with E-state index >= 15 is 0 Å². The number of carbonyl (C=O) groups excluding carboxylic acids is 1. The van der Waals surface area contributed by atoms with Gasteiger partial charge in [-0.15, -0.1) is 10.2 Å². The molecule has 2 aliphatic carbocycles. The fraction of sp³-hybridized carbons (Fsp3) is 0.769. The summed E-state index contributed by atoms with van der Waals surface area (Å²) in [4.78, 5) is 11.9. The van der Waals surface area contributed by atoms with E-state index in [1.165, 1.54) is 11.3 Å². The van der Waals surface area contributed by atoms with Crippen LogP contribution in [0.5, 0.6) is 0 Å². The van der Waals surface area contributed by atoms with Crippen molar-refractivity contribution >= 4 is 22.5 Å². The number of halogens is 3. The zero-order chi connectivity index (χ0) is 15.7. The summed E-state index contributed by atoms with van der Waals surface area (Å²) in [6.07, 6.45) is -0.854. The monoisotopic (exact) mass is 334 g/mol. The molecule has 2 atom stereocenters. The van der Waals surface area contributed by atoms with Gasteiger partial charge in [0, 0.05) is 12.0 Å². The van der Waals surface area contributed by atoms with E-state index in [1.54, 1.807) is 0 Å². The molecule has 22 heavy (non-hydrogen) atoms. The summed E-state index contributed by atoms with van der Waals surface area (Å²) in [5.41, 5.74) is 0. The predicted molar refractivity (Wildman–Crippen MR) is 75.8 cm³/mol. The molecule has 0 radical (unpaired) electrons. The highest BCUT2D eigenvalue weighted by molar-refractivity contribution is 7.15. The number of rotatable bonds is 3. The van der Waals surface area contributed by atoms with Crippen molar-refractivity contribution in [1.29, 1.82) is 0 Å². The molecule has 5 nitrogen and oxygen atoms in total. The molecule has 1 aromatic rings. The van der Waals surface area contributed by atoms with Gasteiger partial charge < -0.3 is 5.32 Å². The average molecular weight is 334 g/mol. The third-order valence-corrected chi connectivity index (χ3v) is 5.06. The van der Waals surface area contributed by atoms with Crippen LogP contribution in [0.15, 0.2) is 0 Å². The first kappa shape index (κ1) is 15.5. The lowest BCUT2D eigenvalue weighted by Crippen LogP contribution is -2.43. The van der Waals surface area contributed by atoms with Crippen LogP contribution >= 0.6 is 11.3 Å². The van der Waals surface area contributed by atoms with Crippen LogP contribution in [0.4, 0.5) is 23.1 Å². The van der Waals surface area contributed by atoms with E-state index < -0.39 is 24.2 Å². The number of nitrogens with zero attached hydrogens (tertiary/aromatic N) is 2. The first-order valence-corrected chi connectivity index (χ1v) is 8.21. The Balaban J connectivity index is 1.50. The first-order chi connectivity index (χ1) is 10.4. The molecule has 1 aromatic heterocycles. The second kappa shape index (κ2) is 6.02. The molecule has 2 amide bonds. The predicted octanol–water partition coefficient (Wildman–Crippen LogP) is 3.66. The summed E-state index contributed by atoms with van der Waals surface area (Å²) < 4.78 is 38.2. The zero-order valence-corrected chi connectivity index (χ0v) is 12.6. The topological polar surface area (TPSA) is 66.9 Å². The van der Waals surface area contributed by atoms with Gasteiger partial charge in [-0.1, -0.05) is 17.8 Å². The number of urea groups is 1. The van der Waals surface area contributed by atoms with Crippen molar-refractivity contribution < 1.29 is 18.0 Å². The summed E-state index contributed by atoms with van der Waals surface area (Å²) in [5.74, 6) is -0.864. The van der Waals surface area contributed by atoms with Crippen LogP contribution in [0.2, 0.25) is 0 Å². The molecule has 2 N–H and O–H groups in total. The number of alkyl halides is 3. The van der Waals surface area contributed by atoms with E-state index in [-0.39, 0.29) is 12.8 Å². The minimum Gasteiger partial charge on any atom is -0.335 e. The van der Waals surface area contributed by atoms with Gasteiger partial charge in [0.05, 0.1) is 5.92 Å². The van der Waals surface area contributed by atoms with Crippen molar-refractivity contribution in [2.24, 2.45) is 5.92 Å². The highest BCUT2D eigenvalue weighted by Gasteiger charge is 2.42. The second-order valence-electron chi connectivity index (χ2n) is 5.92. The number of aromatic nitrogens is 2. The van der Waals surface area contributed by atoms with E-state index in [2.05, 4.69) is 20.8 Å². The molecule has 2 aliphatic rings. The molecule has 0 saturated heterocycles. The minimum absolute atomic E-state index is 0.0552. The van der Waals surface area contributed by atoms with E-state index in [0.29, 0.717) is 23.9 Å². The largest absolute Gasteiger partial charge is 0.391 e. The van der Waals surface area contributed by atoms with Gasteiger partial charge in [0.1, 0.15) is 5.01 Å². The summed E-state index contributed by atoms with van der Waals surface area (Å²) in [6, 6.07) is -0.956. The molecule has 3 rings (SSSR count). The van der Waals surface area contributed by atoms with E-state index in [9.17, 15) is 18.0 Å². The quantitative estimate of drug-likeness (QED) is 0.886. The summed E-state index contributed by atoms with van der Waals surface area (Å²) in [5, 5.41) is 14.4. The molecular formula is C13H17F3N4OS. The Morgan fingerprint density at radius 2 is 1.95 bits per heavy atom. The molecule has 0 aliphatic heterocycles. The zero-order valence-electron chi connectivity index (χ0n) is 11.8. The smallest absolute Gasteiger partial charge is 0.335 e. The normalized spacial score (nSPS) is 25.8. The van der Waals surface area contributed by atoms with Crippen LogP contribution in [0.25, 0.3) is 0 Å². The molecule has 0 bridgehead atoms. The van der Waals surface area contributed by atoms with E-state index in [0.717, 1.165) is 17.8 Å². The minimum atomic E-state index is -4.19. The third-order valence-electron chi connectivity index (χ3n) is 4.06. The lowest BCUT2D eigenvalue weighted by molar-refractivity contribution is -0.183. The highest BCUT2D eigenvalue weighted by Crippen LogP contribution is 2.42. The third kappa shape index (κ3) is 3.88. The molecule has 9 heteroatoms. The standard InChI is InChI=1S/C13H17F3N4OS/c14-13(15,16)8-2-1-3-9(6-8)17-11(21)18-12-20-19-10(22-12)7-4-5-7/h7-9H,1-6H2,(H2,17,18,20,21)/t8-,9+/m1/s1. The van der Waals surface area contributed by atoms with E-state index in [1.807, 2.05) is 0 Å². The Kier molecular flexibility index (Phi) is 4.24. The maximum Gasteiger partial charge on any atom is 0.391 e. The van der Waals surface area contributed by atoms with Crippen molar-refractivity contribution in [2.75, 3.05) is 5.32 Å². The average Bonchev–Trinajstić information content (AvgIpc) is 3.19. The molecule has 0 unspecified atom stereocenters. The number of anilines is 1. The van der Waals surface area contributed by atoms with Crippen LogP contribution in [0.3, 0.4) is 0 Å². The van der Waals surface area contributed by atoms with Crippen molar-refractivity contribution in [1.82, 2.24) is 15.5 Å². The van der Waals surface area contributed by atoms with Crippen molar-refractivity contribution in [3.8, 4) is 0 Å². The van der Waals surface area contributed by atoms with Crippen LogP contribution in [-0.2, 0) is 0 Å². The number of hydrogen-bond donors (Lipinski definition) is 2. The maximum atomic E-state index is 12.7. The second-order valence-corrected chi connectivity index (χ2v) is 6.93. The summed E-state index contributed by atoms with van der Waals surface area (Å²) in [7, 11) is 0. The van der Waals surface area contributed by atoms with Gasteiger partial charge in [0.2, 0.25) is 5.13 Å². The Bertz CT molecular complexity index is 544. The maximum absolute atomic E-state index is 12.7. The lowest BCUT2D eigenvalue weighted by Gasteiger charge is -2.30. The fourth-order valence-corrected chi connectivity index (χ4v) is 3.62. The van der Waals surface area contributed by atoms with Crippen LogP contribution in [0.1, 0.15) is 49.5 Å². The molecule has 2 fully saturated rings. The molecule has 122 valence electrons. The molecular weight excluding hydrogens is 317 g/mol. The van der Waals surface area contributed by atoms with Crippen molar-refractivity contribution in [3.63, 3.8) is 0 Å². The SMILES string of the molecule is O=C(Nc1nnc(C2CC2)s1)N[C@H]1CCC[C@@H](C(F)(F)F)C1.